The van der Waals surface area contributed by atoms with Gasteiger partial charge in [-0.25, -0.2) is 4.98 Å². The highest BCUT2D eigenvalue weighted by Crippen LogP contribution is 2.20. The maximum absolute atomic E-state index is 12.0. The molecule has 2 rings (SSSR count). The van der Waals surface area contributed by atoms with Gasteiger partial charge in [0, 0.05) is 16.0 Å². The third-order valence-electron chi connectivity index (χ3n) is 2.11. The average molecular weight is 312 g/mol. The van der Waals surface area contributed by atoms with E-state index < -0.39 is 0 Å². The Kier molecular flexibility index (Phi) is 3.54. The van der Waals surface area contributed by atoms with Crippen LogP contribution >= 0.6 is 27.5 Å². The molecule has 1 aromatic carbocycles. The van der Waals surface area contributed by atoms with Crippen LogP contribution in [0.2, 0.25) is 0 Å². The van der Waals surface area contributed by atoms with Crippen LogP contribution < -0.4 is 5.32 Å². The minimum absolute atomic E-state index is 0.184. The summed E-state index contributed by atoms with van der Waals surface area (Å²) in [5.41, 5.74) is 1.63. The molecule has 1 N–H and O–H groups in total. The molecule has 1 aromatic heterocycles. The first-order chi connectivity index (χ1) is 8.06. The first-order valence-corrected chi connectivity index (χ1v) is 6.51. The predicted molar refractivity (Wildman–Crippen MR) is 71.5 cm³/mol. The Morgan fingerprint density at radius 3 is 2.82 bits per heavy atom. The molecule has 0 spiro atoms. The van der Waals surface area contributed by atoms with Crippen molar-refractivity contribution >= 4 is 38.5 Å². The first-order valence-electron chi connectivity index (χ1n) is 4.94. The molecule has 0 bridgehead atoms. The number of halogens is 1. The number of benzene rings is 1. The Bertz CT molecular complexity index is 568. The third-order valence-corrected chi connectivity index (χ3v) is 3.53. The molecule has 0 atom stereocenters. The van der Waals surface area contributed by atoms with E-state index in [-0.39, 0.29) is 5.91 Å². The lowest BCUT2D eigenvalue weighted by Gasteiger charge is -2.04. The van der Waals surface area contributed by atoms with E-state index >= 15 is 0 Å². The molecule has 1 amide bonds. The van der Waals surface area contributed by atoms with Gasteiger partial charge < -0.3 is 0 Å². The molecular weight excluding hydrogens is 302 g/mol. The summed E-state index contributed by atoms with van der Waals surface area (Å²) in [5.74, 6) is 0.477. The number of hydrogen-bond donors (Lipinski definition) is 1. The summed E-state index contributed by atoms with van der Waals surface area (Å²) < 4.78 is 4.77. The topological polar surface area (TPSA) is 54.9 Å². The number of nitrogens with zero attached hydrogens (tertiary/aromatic N) is 2. The van der Waals surface area contributed by atoms with Crippen LogP contribution in [0.5, 0.6) is 0 Å². The molecule has 0 aliphatic rings. The van der Waals surface area contributed by atoms with Gasteiger partial charge in [-0.15, -0.1) is 0 Å². The summed E-state index contributed by atoms with van der Waals surface area (Å²) in [6.45, 7) is 3.73. The summed E-state index contributed by atoms with van der Waals surface area (Å²) >= 11 is 4.53. The fourth-order valence-electron chi connectivity index (χ4n) is 1.33. The van der Waals surface area contributed by atoms with Crippen LogP contribution in [-0.4, -0.2) is 15.3 Å². The number of nitrogens with one attached hydrogen (secondary N) is 1. The molecule has 0 saturated carbocycles. The fourth-order valence-corrected chi connectivity index (χ4v) is 2.32. The van der Waals surface area contributed by atoms with Gasteiger partial charge in [0.1, 0.15) is 5.82 Å². The Labute approximate surface area is 111 Å². The molecular formula is C11H10BrN3OS. The van der Waals surface area contributed by atoms with Crippen molar-refractivity contribution in [3.63, 3.8) is 0 Å². The molecule has 4 nitrogen and oxygen atoms in total. The van der Waals surface area contributed by atoms with E-state index in [0.29, 0.717) is 16.5 Å². The molecule has 6 heteroatoms. The zero-order valence-corrected chi connectivity index (χ0v) is 11.7. The second-order valence-corrected chi connectivity index (χ2v) is 5.19. The quantitative estimate of drug-likeness (QED) is 0.926. The minimum Gasteiger partial charge on any atom is -0.297 e. The van der Waals surface area contributed by atoms with Crippen molar-refractivity contribution in [2.75, 3.05) is 5.32 Å². The van der Waals surface area contributed by atoms with Crippen LogP contribution in [0.1, 0.15) is 21.7 Å². The molecule has 0 saturated heterocycles. The van der Waals surface area contributed by atoms with Crippen molar-refractivity contribution in [2.24, 2.45) is 0 Å². The lowest BCUT2D eigenvalue weighted by atomic mass is 10.1. The van der Waals surface area contributed by atoms with Gasteiger partial charge >= 0.3 is 0 Å². The largest absolute Gasteiger partial charge is 0.297 e. The monoisotopic (exact) mass is 311 g/mol. The standard InChI is InChI=1S/C11H10BrN3OS/c1-6-3-4-9(12)8(5-6)10(16)14-11-13-7(2)15-17-11/h3-5H,1-2H3,(H,13,14,15,16). The second-order valence-electron chi connectivity index (χ2n) is 3.58. The number of aryl methyl sites for hydroxylation is 2. The van der Waals surface area contributed by atoms with E-state index in [2.05, 4.69) is 30.6 Å². The van der Waals surface area contributed by atoms with Crippen LogP contribution in [0.3, 0.4) is 0 Å². The van der Waals surface area contributed by atoms with Crippen molar-refractivity contribution in [3.8, 4) is 0 Å². The lowest BCUT2D eigenvalue weighted by Crippen LogP contribution is -2.12. The summed E-state index contributed by atoms with van der Waals surface area (Å²) in [5, 5.41) is 3.24. The summed E-state index contributed by atoms with van der Waals surface area (Å²) in [6, 6.07) is 5.62. The van der Waals surface area contributed by atoms with E-state index in [1.54, 1.807) is 6.92 Å². The van der Waals surface area contributed by atoms with Gasteiger partial charge in [0.05, 0.1) is 5.56 Å². The van der Waals surface area contributed by atoms with E-state index in [1.165, 1.54) is 11.5 Å². The van der Waals surface area contributed by atoms with E-state index in [0.717, 1.165) is 10.0 Å². The smallest absolute Gasteiger partial charge is 0.258 e. The molecule has 0 aliphatic heterocycles. The average Bonchev–Trinajstić information content (AvgIpc) is 2.67. The summed E-state index contributed by atoms with van der Waals surface area (Å²) in [4.78, 5) is 16.1. The Hall–Kier alpha value is -1.27. The van der Waals surface area contributed by atoms with Gasteiger partial charge in [0.2, 0.25) is 5.13 Å². The minimum atomic E-state index is -0.184. The molecule has 88 valence electrons. The highest BCUT2D eigenvalue weighted by Gasteiger charge is 2.12. The maximum Gasteiger partial charge on any atom is 0.258 e. The zero-order chi connectivity index (χ0) is 12.4. The number of amides is 1. The number of aromatic nitrogens is 2. The van der Waals surface area contributed by atoms with Gasteiger partial charge in [-0.3, -0.25) is 10.1 Å². The second kappa shape index (κ2) is 4.93. The number of rotatable bonds is 2. The van der Waals surface area contributed by atoms with Gasteiger partial charge in [0.25, 0.3) is 5.91 Å². The highest BCUT2D eigenvalue weighted by molar-refractivity contribution is 9.10. The SMILES string of the molecule is Cc1ccc(Br)c(C(=O)Nc2nc(C)ns2)c1. The number of anilines is 1. The van der Waals surface area contributed by atoms with E-state index in [1.807, 2.05) is 25.1 Å². The molecule has 1 heterocycles. The molecule has 0 unspecified atom stereocenters. The molecule has 17 heavy (non-hydrogen) atoms. The number of carbonyl (C=O) groups excluding carboxylic acids is 1. The number of hydrogen-bond acceptors (Lipinski definition) is 4. The van der Waals surface area contributed by atoms with Crippen LogP contribution in [-0.2, 0) is 0 Å². The van der Waals surface area contributed by atoms with Crippen molar-refractivity contribution in [2.45, 2.75) is 13.8 Å². The zero-order valence-electron chi connectivity index (χ0n) is 9.32. The predicted octanol–water partition coefficient (Wildman–Crippen LogP) is 3.17. The van der Waals surface area contributed by atoms with E-state index in [9.17, 15) is 4.79 Å². The van der Waals surface area contributed by atoms with Crippen LogP contribution in [0.4, 0.5) is 5.13 Å². The normalized spacial score (nSPS) is 10.3. The Morgan fingerprint density at radius 2 is 2.18 bits per heavy atom. The number of carbonyl (C=O) groups is 1. The van der Waals surface area contributed by atoms with E-state index in [4.69, 9.17) is 0 Å². The van der Waals surface area contributed by atoms with Gasteiger partial charge in [-0.05, 0) is 41.9 Å². The fraction of sp³-hybridized carbons (Fsp3) is 0.182. The first kappa shape index (κ1) is 12.2. The van der Waals surface area contributed by atoms with Gasteiger partial charge in [-0.2, -0.15) is 4.37 Å². The maximum atomic E-state index is 12.0. The molecule has 0 fully saturated rings. The van der Waals surface area contributed by atoms with Crippen molar-refractivity contribution in [1.82, 2.24) is 9.36 Å². The summed E-state index contributed by atoms with van der Waals surface area (Å²) in [6.07, 6.45) is 0. The third kappa shape index (κ3) is 2.89. The van der Waals surface area contributed by atoms with Crippen LogP contribution in [0.15, 0.2) is 22.7 Å². The van der Waals surface area contributed by atoms with Crippen LogP contribution in [0, 0.1) is 13.8 Å². The molecule has 0 aliphatic carbocycles. The van der Waals surface area contributed by atoms with Gasteiger partial charge in [0.15, 0.2) is 0 Å². The van der Waals surface area contributed by atoms with Crippen LogP contribution in [0.25, 0.3) is 0 Å². The Balaban J connectivity index is 2.22. The van der Waals surface area contributed by atoms with Crippen molar-refractivity contribution in [3.05, 3.63) is 39.6 Å². The van der Waals surface area contributed by atoms with Crippen molar-refractivity contribution < 1.29 is 4.79 Å². The highest BCUT2D eigenvalue weighted by atomic mass is 79.9. The summed E-state index contributed by atoms with van der Waals surface area (Å²) in [7, 11) is 0. The van der Waals surface area contributed by atoms with Crippen molar-refractivity contribution in [1.29, 1.82) is 0 Å². The van der Waals surface area contributed by atoms with Gasteiger partial charge in [-0.1, -0.05) is 11.6 Å². The molecule has 2 aromatic rings. The molecule has 0 radical (unpaired) electrons. The Morgan fingerprint density at radius 1 is 1.41 bits per heavy atom. The lowest BCUT2D eigenvalue weighted by molar-refractivity contribution is 0.102.